The Bertz CT molecular complexity index is 777. The molecule has 0 atom stereocenters. The van der Waals surface area contributed by atoms with E-state index in [2.05, 4.69) is 68.2 Å². The van der Waals surface area contributed by atoms with Crippen molar-refractivity contribution in [1.82, 2.24) is 25.1 Å². The summed E-state index contributed by atoms with van der Waals surface area (Å²) < 4.78 is 2.16. The van der Waals surface area contributed by atoms with Crippen LogP contribution in [-0.4, -0.2) is 52.6 Å². The molecule has 160 valence electrons. The van der Waals surface area contributed by atoms with E-state index in [-0.39, 0.29) is 24.0 Å². The summed E-state index contributed by atoms with van der Waals surface area (Å²) in [5, 5.41) is 7.06. The predicted molar refractivity (Wildman–Crippen MR) is 131 cm³/mol. The molecule has 1 aromatic carbocycles. The first-order chi connectivity index (χ1) is 13.5. The number of piperidine rings is 1. The van der Waals surface area contributed by atoms with Crippen molar-refractivity contribution >= 4 is 29.9 Å². The predicted octanol–water partition coefficient (Wildman–Crippen LogP) is 3.40. The standard InChI is InChI=1S/C22H34N6.HI/c1-17(2)27-11-8-21(9-12-27)26-22(23-4)25-15-19-6-5-7-20(14-19)16-28-13-10-24-18(28)3;/h5-7,10,13-14,17,21H,8-9,11-12,15-16H2,1-4H3,(H2,23,25,26);1H. The fourth-order valence-electron chi connectivity index (χ4n) is 3.74. The average molecular weight is 510 g/mol. The zero-order chi connectivity index (χ0) is 19.9. The summed E-state index contributed by atoms with van der Waals surface area (Å²) in [6.45, 7) is 10.5. The number of aryl methyl sites for hydroxylation is 1. The smallest absolute Gasteiger partial charge is 0.191 e. The minimum absolute atomic E-state index is 0. The maximum Gasteiger partial charge on any atom is 0.191 e. The molecule has 0 bridgehead atoms. The number of likely N-dealkylation sites (tertiary alicyclic amines) is 1. The van der Waals surface area contributed by atoms with Gasteiger partial charge < -0.3 is 20.1 Å². The topological polar surface area (TPSA) is 57.5 Å². The van der Waals surface area contributed by atoms with Crippen LogP contribution in [0.1, 0.15) is 43.6 Å². The van der Waals surface area contributed by atoms with Crippen molar-refractivity contribution in [3.63, 3.8) is 0 Å². The third kappa shape index (κ3) is 6.99. The van der Waals surface area contributed by atoms with Crippen molar-refractivity contribution in [2.75, 3.05) is 20.1 Å². The molecule has 3 rings (SSSR count). The lowest BCUT2D eigenvalue weighted by Crippen LogP contribution is -2.49. The number of hydrogen-bond donors (Lipinski definition) is 2. The van der Waals surface area contributed by atoms with Crippen LogP contribution >= 0.6 is 24.0 Å². The van der Waals surface area contributed by atoms with E-state index in [4.69, 9.17) is 0 Å². The largest absolute Gasteiger partial charge is 0.354 e. The Hall–Kier alpha value is -1.61. The van der Waals surface area contributed by atoms with Gasteiger partial charge in [-0.15, -0.1) is 24.0 Å². The van der Waals surface area contributed by atoms with Crippen molar-refractivity contribution < 1.29 is 0 Å². The van der Waals surface area contributed by atoms with Gasteiger partial charge >= 0.3 is 0 Å². The van der Waals surface area contributed by atoms with E-state index in [1.807, 2.05) is 26.4 Å². The van der Waals surface area contributed by atoms with Gasteiger partial charge in [0.2, 0.25) is 0 Å². The average Bonchev–Trinajstić information content (AvgIpc) is 3.10. The van der Waals surface area contributed by atoms with Crippen LogP contribution in [0.3, 0.4) is 0 Å². The number of imidazole rings is 1. The molecule has 1 aliphatic rings. The van der Waals surface area contributed by atoms with Crippen molar-refractivity contribution in [2.24, 2.45) is 4.99 Å². The molecular formula is C22H35IN6. The lowest BCUT2D eigenvalue weighted by atomic mass is 10.0. The van der Waals surface area contributed by atoms with Crippen molar-refractivity contribution in [3.05, 3.63) is 53.6 Å². The van der Waals surface area contributed by atoms with E-state index in [1.54, 1.807) is 0 Å². The fourth-order valence-corrected chi connectivity index (χ4v) is 3.74. The first kappa shape index (κ1) is 23.7. The molecule has 1 saturated heterocycles. The van der Waals surface area contributed by atoms with Crippen LogP contribution in [0.2, 0.25) is 0 Å². The Labute approximate surface area is 192 Å². The van der Waals surface area contributed by atoms with Crippen molar-refractivity contribution in [3.8, 4) is 0 Å². The molecule has 0 radical (unpaired) electrons. The van der Waals surface area contributed by atoms with Gasteiger partial charge in [0, 0.05) is 57.7 Å². The van der Waals surface area contributed by atoms with Gasteiger partial charge in [-0.2, -0.15) is 0 Å². The Balaban J connectivity index is 0.00000300. The Morgan fingerprint density at radius 3 is 2.59 bits per heavy atom. The van der Waals surface area contributed by atoms with E-state index in [0.29, 0.717) is 12.1 Å². The van der Waals surface area contributed by atoms with Gasteiger partial charge in [-0.1, -0.05) is 24.3 Å². The normalized spacial score (nSPS) is 16.0. The fraction of sp³-hybridized carbons (Fsp3) is 0.545. The first-order valence-corrected chi connectivity index (χ1v) is 10.3. The number of halogens is 1. The van der Waals surface area contributed by atoms with Crippen LogP contribution in [0.4, 0.5) is 0 Å². The van der Waals surface area contributed by atoms with Gasteiger partial charge in [-0.25, -0.2) is 4.98 Å². The summed E-state index contributed by atoms with van der Waals surface area (Å²) in [6, 6.07) is 9.83. The first-order valence-electron chi connectivity index (χ1n) is 10.3. The highest BCUT2D eigenvalue weighted by Gasteiger charge is 2.21. The number of guanidine groups is 1. The van der Waals surface area contributed by atoms with Crippen LogP contribution in [0.5, 0.6) is 0 Å². The number of hydrogen-bond acceptors (Lipinski definition) is 3. The van der Waals surface area contributed by atoms with Crippen LogP contribution in [0.15, 0.2) is 41.7 Å². The van der Waals surface area contributed by atoms with Crippen LogP contribution in [-0.2, 0) is 13.1 Å². The van der Waals surface area contributed by atoms with Crippen LogP contribution < -0.4 is 10.6 Å². The van der Waals surface area contributed by atoms with E-state index >= 15 is 0 Å². The van der Waals surface area contributed by atoms with Crippen LogP contribution in [0.25, 0.3) is 0 Å². The van der Waals surface area contributed by atoms with Gasteiger partial charge in [0.05, 0.1) is 0 Å². The Morgan fingerprint density at radius 2 is 1.97 bits per heavy atom. The molecule has 0 spiro atoms. The summed E-state index contributed by atoms with van der Waals surface area (Å²) in [5.41, 5.74) is 2.54. The highest BCUT2D eigenvalue weighted by molar-refractivity contribution is 14.0. The maximum absolute atomic E-state index is 4.41. The molecule has 6 nitrogen and oxygen atoms in total. The molecule has 0 aliphatic carbocycles. The molecule has 7 heteroatoms. The summed E-state index contributed by atoms with van der Waals surface area (Å²) in [7, 11) is 1.84. The zero-order valence-corrected chi connectivity index (χ0v) is 20.4. The Morgan fingerprint density at radius 1 is 1.24 bits per heavy atom. The van der Waals surface area contributed by atoms with Crippen LogP contribution in [0, 0.1) is 6.92 Å². The molecule has 1 fully saturated rings. The molecule has 0 amide bonds. The zero-order valence-electron chi connectivity index (χ0n) is 18.1. The minimum Gasteiger partial charge on any atom is -0.354 e. The van der Waals surface area contributed by atoms with E-state index in [9.17, 15) is 0 Å². The third-order valence-corrected chi connectivity index (χ3v) is 5.55. The second-order valence-electron chi connectivity index (χ2n) is 7.90. The monoisotopic (exact) mass is 510 g/mol. The second-order valence-corrected chi connectivity index (χ2v) is 7.90. The lowest BCUT2D eigenvalue weighted by Gasteiger charge is -2.35. The van der Waals surface area contributed by atoms with Crippen molar-refractivity contribution in [1.29, 1.82) is 0 Å². The molecule has 29 heavy (non-hydrogen) atoms. The van der Waals surface area contributed by atoms with Crippen molar-refractivity contribution in [2.45, 2.75) is 58.8 Å². The third-order valence-electron chi connectivity index (χ3n) is 5.55. The quantitative estimate of drug-likeness (QED) is 0.356. The summed E-state index contributed by atoms with van der Waals surface area (Å²) in [6.07, 6.45) is 6.20. The maximum atomic E-state index is 4.41. The van der Waals surface area contributed by atoms with Gasteiger partial charge in [0.25, 0.3) is 0 Å². The molecule has 2 N–H and O–H groups in total. The van der Waals surface area contributed by atoms with Gasteiger partial charge in [-0.3, -0.25) is 4.99 Å². The lowest BCUT2D eigenvalue weighted by molar-refractivity contribution is 0.167. The molecule has 1 aromatic heterocycles. The highest BCUT2D eigenvalue weighted by Crippen LogP contribution is 2.13. The molecule has 0 saturated carbocycles. The van der Waals surface area contributed by atoms with Gasteiger partial charge in [0.1, 0.15) is 5.82 Å². The van der Waals surface area contributed by atoms with Gasteiger partial charge in [0.15, 0.2) is 5.96 Å². The highest BCUT2D eigenvalue weighted by atomic mass is 127. The SMILES string of the molecule is CN=C(NCc1cccc(Cn2ccnc2C)c1)NC1CCN(C(C)C)CC1.I. The molecule has 1 aliphatic heterocycles. The van der Waals surface area contributed by atoms with E-state index in [1.165, 1.54) is 24.0 Å². The second kappa shape index (κ2) is 11.5. The summed E-state index contributed by atoms with van der Waals surface area (Å²) in [5.74, 6) is 1.93. The number of aromatic nitrogens is 2. The molecule has 0 unspecified atom stereocenters. The molecule has 2 heterocycles. The Kier molecular flexibility index (Phi) is 9.42. The summed E-state index contributed by atoms with van der Waals surface area (Å²) >= 11 is 0. The van der Waals surface area contributed by atoms with Gasteiger partial charge in [-0.05, 0) is 44.7 Å². The molecular weight excluding hydrogens is 475 g/mol. The van der Waals surface area contributed by atoms with E-state index in [0.717, 1.165) is 38.0 Å². The number of nitrogens with one attached hydrogen (secondary N) is 2. The minimum atomic E-state index is 0. The summed E-state index contributed by atoms with van der Waals surface area (Å²) in [4.78, 5) is 11.3. The van der Waals surface area contributed by atoms with E-state index < -0.39 is 0 Å². The number of nitrogens with zero attached hydrogens (tertiary/aromatic N) is 4. The number of aliphatic imine (C=N–C) groups is 1. The number of rotatable bonds is 6. The molecule has 2 aromatic rings. The number of benzene rings is 1.